The molecule has 0 bridgehead atoms. The monoisotopic (exact) mass is 910 g/mol. The van der Waals surface area contributed by atoms with Crippen LogP contribution in [0.25, 0.3) is 0 Å². The van der Waals surface area contributed by atoms with Crippen LogP contribution in [-0.4, -0.2) is 143 Å². The number of hydrogen-bond donors (Lipinski definition) is 7. The Morgan fingerprint density at radius 2 is 1.63 bits per heavy atom. The van der Waals surface area contributed by atoms with Crippen molar-refractivity contribution in [2.75, 3.05) is 39.5 Å². The van der Waals surface area contributed by atoms with E-state index in [4.69, 9.17) is 25.5 Å². The highest BCUT2D eigenvalue weighted by atomic mass is 31.1. The highest BCUT2D eigenvalue weighted by Crippen LogP contribution is 2.28. The first-order valence-corrected chi connectivity index (χ1v) is 22.9. The van der Waals surface area contributed by atoms with Crippen LogP contribution in [0.1, 0.15) is 112 Å². The molecule has 356 valence electrons. The maximum absolute atomic E-state index is 14.5. The Labute approximate surface area is 373 Å². The van der Waals surface area contributed by atoms with Gasteiger partial charge in [0.25, 0.3) is 0 Å². The Morgan fingerprint density at radius 3 is 2.22 bits per heavy atom. The lowest BCUT2D eigenvalue weighted by atomic mass is 9.93. The Balaban J connectivity index is 1.80. The van der Waals surface area contributed by atoms with Crippen molar-refractivity contribution < 1.29 is 47.7 Å². The Morgan fingerprint density at radius 1 is 0.968 bits per heavy atom. The van der Waals surface area contributed by atoms with Crippen LogP contribution in [0.4, 0.5) is 0 Å². The number of allylic oxidation sites excluding steroid dienone is 1. The van der Waals surface area contributed by atoms with Gasteiger partial charge in [-0.1, -0.05) is 23.4 Å². The number of amides is 5. The molecule has 2 aliphatic heterocycles. The predicted octanol–water partition coefficient (Wildman–Crippen LogP) is 1.29. The quantitative estimate of drug-likeness (QED) is 0.0252. The van der Waals surface area contributed by atoms with Crippen molar-refractivity contribution in [2.45, 2.75) is 166 Å². The summed E-state index contributed by atoms with van der Waals surface area (Å²) >= 11 is 0. The second-order valence-corrected chi connectivity index (χ2v) is 18.0. The Kier molecular flexibility index (Phi) is 22.3. The number of nitroso groups, excluding NO2 is 1. The van der Waals surface area contributed by atoms with Crippen molar-refractivity contribution in [2.24, 2.45) is 16.6 Å². The number of carbonyl (C=O) groups is 6. The molecule has 2 fully saturated rings. The minimum Gasteiger partial charge on any atom is -0.358 e. The maximum atomic E-state index is 14.5. The lowest BCUT2D eigenvalue weighted by Crippen LogP contribution is -2.60. The highest BCUT2D eigenvalue weighted by molar-refractivity contribution is 7.25. The second kappa shape index (κ2) is 26.3. The molecule has 21 heteroatoms. The number of nitrogens with two attached hydrogens (primary N) is 2. The maximum Gasteiger partial charge on any atom is 0.245 e. The van der Waals surface area contributed by atoms with Gasteiger partial charge in [0, 0.05) is 6.92 Å². The van der Waals surface area contributed by atoms with E-state index < -0.39 is 86.1 Å². The zero-order chi connectivity index (χ0) is 46.7. The molecule has 3 aliphatic rings. The molecule has 8 atom stereocenters. The zero-order valence-corrected chi connectivity index (χ0v) is 38.8. The molecule has 0 aromatic carbocycles. The van der Waals surface area contributed by atoms with Crippen LogP contribution in [-0.2, 0) is 42.8 Å². The average molecular weight is 910 g/mol. The van der Waals surface area contributed by atoms with Gasteiger partial charge in [-0.15, -0.1) is 0 Å². The minimum absolute atomic E-state index is 0.0400. The van der Waals surface area contributed by atoms with E-state index in [1.807, 2.05) is 6.08 Å². The molecule has 63 heavy (non-hydrogen) atoms. The lowest BCUT2D eigenvalue weighted by Gasteiger charge is -2.37. The number of carbonyl (C=O) groups excluding carboxylic acids is 6. The average Bonchev–Trinajstić information content (AvgIpc) is 3.93. The molecular weight excluding hydrogens is 837 g/mol. The van der Waals surface area contributed by atoms with Gasteiger partial charge < -0.3 is 56.5 Å². The van der Waals surface area contributed by atoms with Crippen molar-refractivity contribution in [3.8, 4) is 0 Å². The van der Waals surface area contributed by atoms with Crippen LogP contribution in [0.5, 0.6) is 0 Å². The third-order valence-electron chi connectivity index (χ3n) is 11.4. The number of ketones is 1. The van der Waals surface area contributed by atoms with E-state index in [1.165, 1.54) is 11.8 Å². The molecule has 5 amide bonds. The molecule has 20 nitrogen and oxygen atoms in total. The van der Waals surface area contributed by atoms with E-state index in [9.17, 15) is 38.6 Å². The fourth-order valence-corrected chi connectivity index (χ4v) is 8.54. The van der Waals surface area contributed by atoms with Gasteiger partial charge in [0.05, 0.1) is 43.0 Å². The SMILES string of the molecule is CC(=O)NC(CCCCN)C(=O)N[C@@H](CC1=CCC(OPO)C=C1)C(=O)C(C)N1CCCC1C(=O)N1COCC1C(=O)N[C@@H](CCCCN)C(=O)NC(C)(C)OC(C)(C)CCN=O. The summed E-state index contributed by atoms with van der Waals surface area (Å²) in [6.45, 7) is 10.9. The third kappa shape index (κ3) is 17.3. The summed E-state index contributed by atoms with van der Waals surface area (Å²) in [6, 6.07) is -5.62. The van der Waals surface area contributed by atoms with Crippen molar-refractivity contribution in [3.63, 3.8) is 0 Å². The summed E-state index contributed by atoms with van der Waals surface area (Å²) in [5, 5.41) is 14.2. The lowest BCUT2D eigenvalue weighted by molar-refractivity contribution is -0.157. The van der Waals surface area contributed by atoms with Gasteiger partial charge in [0.15, 0.2) is 14.8 Å². The molecule has 0 aromatic rings. The van der Waals surface area contributed by atoms with Crippen LogP contribution < -0.4 is 32.7 Å². The zero-order valence-electron chi connectivity index (χ0n) is 37.8. The molecular formula is C42H72N9O11P. The van der Waals surface area contributed by atoms with Gasteiger partial charge in [-0.3, -0.25) is 33.7 Å². The smallest absolute Gasteiger partial charge is 0.245 e. The number of nitrogens with zero attached hydrogens (tertiary/aromatic N) is 3. The molecule has 1 aliphatic carbocycles. The van der Waals surface area contributed by atoms with Crippen LogP contribution >= 0.6 is 9.03 Å². The van der Waals surface area contributed by atoms with Gasteiger partial charge in [-0.2, -0.15) is 4.91 Å². The summed E-state index contributed by atoms with van der Waals surface area (Å²) in [7, 11) is -0.685. The minimum atomic E-state index is -1.18. The van der Waals surface area contributed by atoms with Crippen molar-refractivity contribution in [1.29, 1.82) is 0 Å². The predicted molar refractivity (Wildman–Crippen MR) is 237 cm³/mol. The summed E-state index contributed by atoms with van der Waals surface area (Å²) in [5.74, 6) is -2.74. The first kappa shape index (κ1) is 53.6. The van der Waals surface area contributed by atoms with E-state index in [-0.39, 0.29) is 44.6 Å². The molecule has 2 heterocycles. The summed E-state index contributed by atoms with van der Waals surface area (Å²) in [6.07, 6.45) is 10.00. The normalized spacial score (nSPS) is 21.4. The summed E-state index contributed by atoms with van der Waals surface area (Å²) in [4.78, 5) is 106. The van der Waals surface area contributed by atoms with Gasteiger partial charge in [-0.25, -0.2) is 0 Å². The topological polar surface area (TPSA) is 286 Å². The van der Waals surface area contributed by atoms with Gasteiger partial charge in [-0.05, 0) is 130 Å². The third-order valence-corrected chi connectivity index (χ3v) is 11.8. The number of nitrogens with one attached hydrogen (secondary N) is 4. The van der Waals surface area contributed by atoms with Gasteiger partial charge in [0.2, 0.25) is 29.5 Å². The van der Waals surface area contributed by atoms with E-state index in [0.29, 0.717) is 77.4 Å². The number of rotatable bonds is 28. The van der Waals surface area contributed by atoms with E-state index in [2.05, 4.69) is 26.4 Å². The molecule has 0 aromatic heterocycles. The largest absolute Gasteiger partial charge is 0.358 e. The van der Waals surface area contributed by atoms with Crippen molar-refractivity contribution in [1.82, 2.24) is 31.1 Å². The van der Waals surface area contributed by atoms with E-state index >= 15 is 0 Å². The fraction of sp³-hybridized carbons (Fsp3) is 0.762. The molecule has 9 N–H and O–H groups in total. The highest BCUT2D eigenvalue weighted by Gasteiger charge is 2.45. The number of Topliss-reactive ketones (excluding diaryl/α,β-unsaturated/α-hetero) is 1. The first-order valence-electron chi connectivity index (χ1n) is 22.1. The standard InChI is InChI=1S/C42H72N9O11P/c1-27(36(53)33(24-29-15-17-30(18-16-29)61-63-59)48-37(54)31(46-28(2)52)12-7-9-20-43)50-23-11-14-34(50)40(57)51-26-60-25-35(51)39(56)47-32(13-8-10-21-44)38(55)49-42(5,6)62-41(3,4)19-22-45-58/h15-17,27,30-35,59,63H,7-14,18-26,43-44H2,1-6H3,(H,46,52)(H,47,56)(H,48,54)(H,49,55)/t27?,30?,31?,32-,33-,34?,35?/m0/s1. The van der Waals surface area contributed by atoms with Crippen molar-refractivity contribution >= 4 is 44.4 Å². The number of ether oxygens (including phenoxy) is 2. The number of unbranched alkanes of at least 4 members (excludes halogenated alkanes) is 2. The molecule has 6 unspecified atom stereocenters. The molecule has 0 spiro atoms. The second-order valence-electron chi connectivity index (χ2n) is 17.5. The summed E-state index contributed by atoms with van der Waals surface area (Å²) in [5.41, 5.74) is 10.2. The van der Waals surface area contributed by atoms with E-state index in [1.54, 1.807) is 51.7 Å². The van der Waals surface area contributed by atoms with Crippen LogP contribution in [0.2, 0.25) is 0 Å². The van der Waals surface area contributed by atoms with Crippen LogP contribution in [0.15, 0.2) is 29.0 Å². The van der Waals surface area contributed by atoms with Gasteiger partial charge in [0.1, 0.15) is 30.6 Å². The number of likely N-dealkylation sites (tertiary alicyclic amines) is 1. The fourth-order valence-electron chi connectivity index (χ4n) is 8.23. The van der Waals surface area contributed by atoms with E-state index in [0.717, 1.165) is 5.57 Å². The van der Waals surface area contributed by atoms with Crippen LogP contribution in [0.3, 0.4) is 0 Å². The Bertz CT molecular complexity index is 1630. The van der Waals surface area contributed by atoms with Gasteiger partial charge >= 0.3 is 0 Å². The summed E-state index contributed by atoms with van der Waals surface area (Å²) < 4.78 is 17.1. The Hall–Kier alpha value is -3.75. The molecule has 0 radical (unpaired) electrons. The van der Waals surface area contributed by atoms with Crippen LogP contribution in [0, 0.1) is 4.91 Å². The first-order chi connectivity index (χ1) is 29.9. The molecule has 0 saturated carbocycles. The number of hydrogen-bond acceptors (Lipinski definition) is 15. The van der Waals surface area contributed by atoms with Crippen molar-refractivity contribution in [3.05, 3.63) is 28.7 Å². The molecule has 3 rings (SSSR count). The molecule has 2 saturated heterocycles.